The minimum atomic E-state index is -0.0528. The van der Waals surface area contributed by atoms with Crippen LogP contribution in [0.4, 0.5) is 5.69 Å². The lowest BCUT2D eigenvalue weighted by Gasteiger charge is -2.13. The fourth-order valence-electron chi connectivity index (χ4n) is 2.20. The van der Waals surface area contributed by atoms with Gasteiger partial charge in [-0.25, -0.2) is 4.68 Å². The molecule has 2 heterocycles. The maximum atomic E-state index is 12.1. The highest BCUT2D eigenvalue weighted by atomic mass is 79.9. The van der Waals surface area contributed by atoms with E-state index in [0.29, 0.717) is 16.9 Å². The van der Waals surface area contributed by atoms with Crippen molar-refractivity contribution in [3.63, 3.8) is 0 Å². The number of hydrogen-bond donors (Lipinski definition) is 2. The summed E-state index contributed by atoms with van der Waals surface area (Å²) in [7, 11) is 0. The first-order valence-corrected chi connectivity index (χ1v) is 7.72. The Bertz CT molecular complexity index is 468. The molecule has 0 bridgehead atoms. The molecule has 1 saturated heterocycles. The molecule has 0 amide bonds. The van der Waals surface area contributed by atoms with Crippen LogP contribution < -0.4 is 16.2 Å². The van der Waals surface area contributed by atoms with Crippen molar-refractivity contribution in [2.45, 2.75) is 32.7 Å². The van der Waals surface area contributed by atoms with Crippen molar-refractivity contribution in [3.05, 3.63) is 21.0 Å². The van der Waals surface area contributed by atoms with E-state index in [0.717, 1.165) is 38.2 Å². The third kappa shape index (κ3) is 3.79. The fraction of sp³-hybridized carbons (Fsp3) is 0.692. The number of hydrogen-bond acceptors (Lipinski definition) is 4. The van der Waals surface area contributed by atoms with Crippen molar-refractivity contribution in [2.24, 2.45) is 5.92 Å². The summed E-state index contributed by atoms with van der Waals surface area (Å²) in [4.78, 5) is 12.1. The van der Waals surface area contributed by atoms with Gasteiger partial charge in [0.15, 0.2) is 0 Å². The van der Waals surface area contributed by atoms with Crippen LogP contribution in [0.1, 0.15) is 26.2 Å². The number of anilines is 1. The summed E-state index contributed by atoms with van der Waals surface area (Å²) in [5, 5.41) is 10.9. The van der Waals surface area contributed by atoms with E-state index in [1.807, 2.05) is 0 Å². The lowest BCUT2D eigenvalue weighted by Crippen LogP contribution is -2.25. The van der Waals surface area contributed by atoms with Crippen LogP contribution in [0.2, 0.25) is 0 Å². The molecule has 0 aliphatic carbocycles. The second kappa shape index (κ2) is 7.05. The van der Waals surface area contributed by atoms with Gasteiger partial charge < -0.3 is 10.6 Å². The molecule has 1 atom stereocenters. The van der Waals surface area contributed by atoms with Gasteiger partial charge in [-0.15, -0.1) is 0 Å². The van der Waals surface area contributed by atoms with E-state index in [9.17, 15) is 4.79 Å². The van der Waals surface area contributed by atoms with Gasteiger partial charge in [0.2, 0.25) is 0 Å². The molecular formula is C13H21BrN4O. The number of nitrogens with one attached hydrogen (secondary N) is 2. The number of nitrogens with zero attached hydrogens (tertiary/aromatic N) is 2. The highest BCUT2D eigenvalue weighted by Crippen LogP contribution is 2.17. The van der Waals surface area contributed by atoms with E-state index in [1.165, 1.54) is 11.1 Å². The molecule has 1 aromatic rings. The molecule has 1 fully saturated rings. The van der Waals surface area contributed by atoms with Crippen LogP contribution in [0, 0.1) is 5.92 Å². The molecule has 0 aromatic carbocycles. The second-order valence-electron chi connectivity index (χ2n) is 4.99. The molecule has 2 N–H and O–H groups in total. The summed E-state index contributed by atoms with van der Waals surface area (Å²) in [5.74, 6) is 0.634. The van der Waals surface area contributed by atoms with E-state index in [2.05, 4.69) is 38.6 Å². The predicted molar refractivity (Wildman–Crippen MR) is 80.6 cm³/mol. The van der Waals surface area contributed by atoms with Crippen molar-refractivity contribution >= 4 is 21.6 Å². The summed E-state index contributed by atoms with van der Waals surface area (Å²) in [5.41, 5.74) is 0.743. The van der Waals surface area contributed by atoms with Crippen molar-refractivity contribution in [1.29, 1.82) is 0 Å². The molecule has 0 radical (unpaired) electrons. The molecule has 5 nitrogen and oxygen atoms in total. The number of unbranched alkanes of at least 4 members (excludes halogenated alkanes) is 1. The van der Waals surface area contributed by atoms with Crippen LogP contribution in [0.25, 0.3) is 0 Å². The summed E-state index contributed by atoms with van der Waals surface area (Å²) < 4.78 is 2.11. The molecule has 1 unspecified atom stereocenters. The first kappa shape index (κ1) is 14.5. The number of halogens is 1. The van der Waals surface area contributed by atoms with Crippen LogP contribution in [-0.2, 0) is 6.54 Å². The Kier molecular flexibility index (Phi) is 5.39. The van der Waals surface area contributed by atoms with E-state index < -0.39 is 0 Å². The van der Waals surface area contributed by atoms with Gasteiger partial charge in [0.1, 0.15) is 4.47 Å². The molecule has 0 spiro atoms. The molecular weight excluding hydrogens is 308 g/mol. The molecule has 19 heavy (non-hydrogen) atoms. The average molecular weight is 329 g/mol. The Morgan fingerprint density at radius 3 is 3.16 bits per heavy atom. The van der Waals surface area contributed by atoms with Gasteiger partial charge in [0.25, 0.3) is 5.56 Å². The first-order valence-electron chi connectivity index (χ1n) is 6.92. The lowest BCUT2D eigenvalue weighted by atomic mass is 10.1. The quantitative estimate of drug-likeness (QED) is 0.836. The van der Waals surface area contributed by atoms with Crippen LogP contribution in [0.15, 0.2) is 15.5 Å². The van der Waals surface area contributed by atoms with Crippen molar-refractivity contribution in [1.82, 2.24) is 15.1 Å². The van der Waals surface area contributed by atoms with E-state index in [1.54, 1.807) is 6.20 Å². The summed E-state index contributed by atoms with van der Waals surface area (Å²) in [6, 6.07) is 0. The zero-order chi connectivity index (χ0) is 13.7. The van der Waals surface area contributed by atoms with Gasteiger partial charge in [-0.2, -0.15) is 5.10 Å². The molecule has 1 aliphatic rings. The van der Waals surface area contributed by atoms with E-state index in [4.69, 9.17) is 0 Å². The minimum Gasteiger partial charge on any atom is -0.382 e. The normalized spacial score (nSPS) is 18.7. The van der Waals surface area contributed by atoms with Crippen LogP contribution in [0.5, 0.6) is 0 Å². The zero-order valence-corrected chi connectivity index (χ0v) is 12.9. The predicted octanol–water partition coefficient (Wildman–Crippen LogP) is 1.83. The summed E-state index contributed by atoms with van der Waals surface area (Å²) in [6.45, 7) is 5.80. The molecule has 1 aliphatic heterocycles. The van der Waals surface area contributed by atoms with Crippen LogP contribution in [-0.4, -0.2) is 29.4 Å². The van der Waals surface area contributed by atoms with Gasteiger partial charge in [0.05, 0.1) is 11.9 Å². The van der Waals surface area contributed by atoms with Gasteiger partial charge in [-0.3, -0.25) is 4.79 Å². The standard InChI is InChI=1S/C13H21BrN4O/c1-2-3-6-18-13(19)12(14)11(9-17-18)16-8-10-4-5-15-7-10/h9-10,15-16H,2-8H2,1H3. The Morgan fingerprint density at radius 1 is 1.63 bits per heavy atom. The third-order valence-electron chi connectivity index (χ3n) is 3.45. The average Bonchev–Trinajstić information content (AvgIpc) is 2.92. The van der Waals surface area contributed by atoms with Crippen molar-refractivity contribution in [3.8, 4) is 0 Å². The molecule has 2 rings (SSSR count). The Labute approximate surface area is 121 Å². The van der Waals surface area contributed by atoms with E-state index in [-0.39, 0.29) is 5.56 Å². The largest absolute Gasteiger partial charge is 0.382 e. The number of aromatic nitrogens is 2. The number of rotatable bonds is 6. The van der Waals surface area contributed by atoms with Gasteiger partial charge in [-0.05, 0) is 47.8 Å². The maximum Gasteiger partial charge on any atom is 0.283 e. The third-order valence-corrected chi connectivity index (χ3v) is 4.22. The minimum absolute atomic E-state index is 0.0528. The van der Waals surface area contributed by atoms with Gasteiger partial charge in [-0.1, -0.05) is 13.3 Å². The summed E-state index contributed by atoms with van der Waals surface area (Å²) in [6.07, 6.45) is 4.95. The lowest BCUT2D eigenvalue weighted by molar-refractivity contribution is 0.540. The zero-order valence-electron chi connectivity index (χ0n) is 11.3. The summed E-state index contributed by atoms with van der Waals surface area (Å²) >= 11 is 3.38. The Morgan fingerprint density at radius 2 is 2.47 bits per heavy atom. The van der Waals surface area contributed by atoms with Crippen LogP contribution in [0.3, 0.4) is 0 Å². The van der Waals surface area contributed by atoms with Gasteiger partial charge >= 0.3 is 0 Å². The molecule has 0 saturated carbocycles. The monoisotopic (exact) mass is 328 g/mol. The molecule has 6 heteroatoms. The van der Waals surface area contributed by atoms with Gasteiger partial charge in [0, 0.05) is 13.1 Å². The van der Waals surface area contributed by atoms with Crippen LogP contribution >= 0.6 is 15.9 Å². The highest BCUT2D eigenvalue weighted by molar-refractivity contribution is 9.10. The Balaban J connectivity index is 2.01. The topological polar surface area (TPSA) is 59.0 Å². The smallest absolute Gasteiger partial charge is 0.283 e. The second-order valence-corrected chi connectivity index (χ2v) is 5.79. The Hall–Kier alpha value is -0.880. The first-order chi connectivity index (χ1) is 9.22. The fourth-order valence-corrected chi connectivity index (χ4v) is 2.65. The molecule has 106 valence electrons. The van der Waals surface area contributed by atoms with E-state index >= 15 is 0 Å². The molecule has 1 aromatic heterocycles. The maximum absolute atomic E-state index is 12.1. The highest BCUT2D eigenvalue weighted by Gasteiger charge is 2.15. The van der Waals surface area contributed by atoms with Crippen molar-refractivity contribution in [2.75, 3.05) is 25.0 Å². The number of aryl methyl sites for hydroxylation is 1. The van der Waals surface area contributed by atoms with Crippen molar-refractivity contribution < 1.29 is 0 Å². The SMILES string of the molecule is CCCCn1ncc(NCC2CCNC2)c(Br)c1=O.